The molecule has 0 aliphatic heterocycles. The zero-order valence-electron chi connectivity index (χ0n) is 9.00. The molecule has 0 fully saturated rings. The summed E-state index contributed by atoms with van der Waals surface area (Å²) in [5, 5.41) is 0.802. The summed E-state index contributed by atoms with van der Waals surface area (Å²) in [5.74, 6) is -0.354. The Labute approximate surface area is 98.8 Å². The van der Waals surface area contributed by atoms with Crippen molar-refractivity contribution in [1.29, 1.82) is 0 Å². The van der Waals surface area contributed by atoms with Crippen LogP contribution in [0.15, 0.2) is 24.3 Å². The van der Waals surface area contributed by atoms with E-state index in [1.54, 1.807) is 0 Å². The van der Waals surface area contributed by atoms with E-state index in [1.165, 1.54) is 5.56 Å². The first-order valence-electron chi connectivity index (χ1n) is 5.00. The Morgan fingerprint density at radius 1 is 1.53 bits per heavy atom. The lowest BCUT2D eigenvalue weighted by Crippen LogP contribution is -2.13. The van der Waals surface area contributed by atoms with Crippen LogP contribution in [0.3, 0.4) is 0 Å². The predicted octanol–water partition coefficient (Wildman–Crippen LogP) is 3.25. The average molecular weight is 271 g/mol. The molecule has 0 aliphatic carbocycles. The third-order valence-electron chi connectivity index (χ3n) is 2.25. The van der Waals surface area contributed by atoms with Crippen LogP contribution in [0, 0.1) is 0 Å². The van der Waals surface area contributed by atoms with E-state index in [0.717, 1.165) is 10.9 Å². The van der Waals surface area contributed by atoms with E-state index in [1.807, 2.05) is 38.1 Å². The maximum atomic E-state index is 11.5. The first-order chi connectivity index (χ1) is 7.19. The molecule has 0 aromatic heterocycles. The Bertz CT molecular complexity index is 336. The van der Waals surface area contributed by atoms with Gasteiger partial charge in [0.15, 0.2) is 0 Å². The van der Waals surface area contributed by atoms with Gasteiger partial charge in [0.1, 0.15) is 0 Å². The number of benzene rings is 1. The van der Waals surface area contributed by atoms with E-state index in [4.69, 9.17) is 4.74 Å². The first-order valence-corrected chi connectivity index (χ1v) is 6.12. The summed E-state index contributed by atoms with van der Waals surface area (Å²) in [6.45, 7) is 4.12. The highest BCUT2D eigenvalue weighted by atomic mass is 79.9. The number of ether oxygens (including phenoxy) is 1. The number of alkyl halides is 1. The van der Waals surface area contributed by atoms with Gasteiger partial charge in [-0.2, -0.15) is 0 Å². The molecule has 0 radical (unpaired) electrons. The van der Waals surface area contributed by atoms with Crippen LogP contribution in [0.25, 0.3) is 0 Å². The van der Waals surface area contributed by atoms with Crippen LogP contribution in [0.1, 0.15) is 30.9 Å². The predicted molar refractivity (Wildman–Crippen MR) is 64.1 cm³/mol. The molecule has 0 heterocycles. The van der Waals surface area contributed by atoms with Crippen molar-refractivity contribution < 1.29 is 9.53 Å². The highest BCUT2D eigenvalue weighted by molar-refractivity contribution is 9.08. The molecular formula is C12H15BrO2. The van der Waals surface area contributed by atoms with Crippen molar-refractivity contribution in [2.24, 2.45) is 0 Å². The number of hydrogen-bond acceptors (Lipinski definition) is 2. The van der Waals surface area contributed by atoms with Crippen LogP contribution < -0.4 is 0 Å². The smallest absolute Gasteiger partial charge is 0.313 e. The zero-order chi connectivity index (χ0) is 11.3. The van der Waals surface area contributed by atoms with Crippen LogP contribution >= 0.6 is 15.9 Å². The van der Waals surface area contributed by atoms with E-state index in [9.17, 15) is 4.79 Å². The standard InChI is InChI=1S/C12H15BrO2/c1-3-15-12(14)9(2)11-6-4-5-10(7-11)8-13/h4-7,9H,3,8H2,1-2H3. The molecule has 0 saturated carbocycles. The van der Waals surface area contributed by atoms with Crippen molar-refractivity contribution in [2.75, 3.05) is 6.61 Å². The van der Waals surface area contributed by atoms with Gasteiger partial charge in [0.05, 0.1) is 12.5 Å². The van der Waals surface area contributed by atoms with Gasteiger partial charge in [-0.15, -0.1) is 0 Å². The van der Waals surface area contributed by atoms with E-state index < -0.39 is 0 Å². The Hall–Kier alpha value is -0.830. The van der Waals surface area contributed by atoms with Gasteiger partial charge in [-0.1, -0.05) is 40.2 Å². The van der Waals surface area contributed by atoms with Crippen LogP contribution in [-0.4, -0.2) is 12.6 Å². The van der Waals surface area contributed by atoms with Gasteiger partial charge in [-0.3, -0.25) is 4.79 Å². The van der Waals surface area contributed by atoms with E-state index >= 15 is 0 Å². The lowest BCUT2D eigenvalue weighted by molar-refractivity contribution is -0.144. The van der Waals surface area contributed by atoms with E-state index in [2.05, 4.69) is 15.9 Å². The lowest BCUT2D eigenvalue weighted by atomic mass is 10.00. The zero-order valence-corrected chi connectivity index (χ0v) is 10.6. The second-order valence-corrected chi connectivity index (χ2v) is 3.91. The molecule has 0 amide bonds. The second-order valence-electron chi connectivity index (χ2n) is 3.35. The van der Waals surface area contributed by atoms with Crippen LogP contribution in [0.2, 0.25) is 0 Å². The summed E-state index contributed by atoms with van der Waals surface area (Å²) in [4.78, 5) is 11.5. The quantitative estimate of drug-likeness (QED) is 0.620. The fourth-order valence-corrected chi connectivity index (χ4v) is 1.70. The van der Waals surface area contributed by atoms with Gasteiger partial charge < -0.3 is 4.74 Å². The van der Waals surface area contributed by atoms with Gasteiger partial charge in [-0.25, -0.2) is 0 Å². The highest BCUT2D eigenvalue weighted by Crippen LogP contribution is 2.19. The fraction of sp³-hybridized carbons (Fsp3) is 0.417. The van der Waals surface area contributed by atoms with Crippen molar-refractivity contribution in [2.45, 2.75) is 25.1 Å². The summed E-state index contributed by atoms with van der Waals surface area (Å²) in [6, 6.07) is 7.96. The number of hydrogen-bond donors (Lipinski definition) is 0. The number of esters is 1. The minimum atomic E-state index is -0.191. The number of rotatable bonds is 4. The van der Waals surface area contributed by atoms with Crippen molar-refractivity contribution in [3.8, 4) is 0 Å². The molecule has 0 N–H and O–H groups in total. The molecule has 0 spiro atoms. The Balaban J connectivity index is 2.81. The summed E-state index contributed by atoms with van der Waals surface area (Å²) in [6.07, 6.45) is 0. The molecule has 0 aliphatic rings. The Morgan fingerprint density at radius 2 is 2.27 bits per heavy atom. The minimum Gasteiger partial charge on any atom is -0.466 e. The van der Waals surface area contributed by atoms with E-state index in [-0.39, 0.29) is 11.9 Å². The third kappa shape index (κ3) is 3.34. The molecule has 15 heavy (non-hydrogen) atoms. The van der Waals surface area contributed by atoms with Gasteiger partial charge in [0.2, 0.25) is 0 Å². The third-order valence-corrected chi connectivity index (χ3v) is 2.89. The first kappa shape index (κ1) is 12.2. The lowest BCUT2D eigenvalue weighted by Gasteiger charge is -2.11. The van der Waals surface area contributed by atoms with Gasteiger partial charge in [-0.05, 0) is 25.0 Å². The maximum absolute atomic E-state index is 11.5. The summed E-state index contributed by atoms with van der Waals surface area (Å²) in [5.41, 5.74) is 2.18. The molecular weight excluding hydrogens is 256 g/mol. The highest BCUT2D eigenvalue weighted by Gasteiger charge is 2.16. The molecule has 0 bridgehead atoms. The second kappa shape index (κ2) is 5.91. The molecule has 1 unspecified atom stereocenters. The normalized spacial score (nSPS) is 12.2. The maximum Gasteiger partial charge on any atom is 0.313 e. The number of carbonyl (C=O) groups is 1. The molecule has 1 atom stereocenters. The largest absolute Gasteiger partial charge is 0.466 e. The molecule has 0 saturated heterocycles. The topological polar surface area (TPSA) is 26.3 Å². The number of carbonyl (C=O) groups excluding carboxylic acids is 1. The van der Waals surface area contributed by atoms with E-state index in [0.29, 0.717) is 6.61 Å². The van der Waals surface area contributed by atoms with Crippen LogP contribution in [0.5, 0.6) is 0 Å². The van der Waals surface area contributed by atoms with Crippen LogP contribution in [0.4, 0.5) is 0 Å². The molecule has 82 valence electrons. The summed E-state index contributed by atoms with van der Waals surface area (Å²) < 4.78 is 4.98. The summed E-state index contributed by atoms with van der Waals surface area (Å²) in [7, 11) is 0. The average Bonchev–Trinajstić information content (AvgIpc) is 2.28. The van der Waals surface area contributed by atoms with Crippen molar-refractivity contribution in [1.82, 2.24) is 0 Å². The SMILES string of the molecule is CCOC(=O)C(C)c1cccc(CBr)c1. The Kier molecular flexibility index (Phi) is 4.82. The van der Waals surface area contributed by atoms with Gasteiger partial charge in [0, 0.05) is 5.33 Å². The van der Waals surface area contributed by atoms with Crippen molar-refractivity contribution in [3.63, 3.8) is 0 Å². The molecule has 1 aromatic carbocycles. The monoisotopic (exact) mass is 270 g/mol. The van der Waals surface area contributed by atoms with Crippen molar-refractivity contribution in [3.05, 3.63) is 35.4 Å². The van der Waals surface area contributed by atoms with Gasteiger partial charge >= 0.3 is 5.97 Å². The molecule has 1 rings (SSSR count). The van der Waals surface area contributed by atoms with Crippen molar-refractivity contribution >= 4 is 21.9 Å². The Morgan fingerprint density at radius 3 is 2.87 bits per heavy atom. The molecule has 3 heteroatoms. The van der Waals surface area contributed by atoms with Gasteiger partial charge in [0.25, 0.3) is 0 Å². The number of halogens is 1. The van der Waals surface area contributed by atoms with Crippen LogP contribution in [-0.2, 0) is 14.9 Å². The fourth-order valence-electron chi connectivity index (χ4n) is 1.35. The minimum absolute atomic E-state index is 0.163. The summed E-state index contributed by atoms with van der Waals surface area (Å²) >= 11 is 3.39. The molecule has 1 aromatic rings. The molecule has 2 nitrogen and oxygen atoms in total.